The highest BCUT2D eigenvalue weighted by atomic mass is 32.2. The van der Waals surface area contributed by atoms with Crippen molar-refractivity contribution in [1.29, 1.82) is 0 Å². The van der Waals surface area contributed by atoms with Crippen molar-refractivity contribution in [3.63, 3.8) is 0 Å². The van der Waals surface area contributed by atoms with Crippen LogP contribution < -0.4 is 5.14 Å². The fraction of sp³-hybridized carbons (Fsp3) is 0.308. The van der Waals surface area contributed by atoms with Crippen LogP contribution in [0.15, 0.2) is 82.3 Å². The number of amides is 1. The maximum absolute atomic E-state index is 13.3. The van der Waals surface area contributed by atoms with Gasteiger partial charge in [-0.3, -0.25) is 14.5 Å². The summed E-state index contributed by atoms with van der Waals surface area (Å²) in [6.45, 7) is 1.53. The first-order valence-corrected chi connectivity index (χ1v) is 13.2. The number of carboxylic acids is 1. The second-order valence-corrected chi connectivity index (χ2v) is 10.1. The molecule has 3 rings (SSSR count). The largest absolute Gasteiger partial charge is 0.481 e. The fourth-order valence-electron chi connectivity index (χ4n) is 3.74. The molecule has 0 aliphatic heterocycles. The van der Waals surface area contributed by atoms with E-state index in [0.29, 0.717) is 31.7 Å². The van der Waals surface area contributed by atoms with Crippen molar-refractivity contribution in [2.75, 3.05) is 26.2 Å². The molecule has 1 amide bonds. The summed E-state index contributed by atoms with van der Waals surface area (Å²) in [5.41, 5.74) is 1.96. The first-order chi connectivity index (χ1) is 17.2. The molecule has 0 spiro atoms. The third-order valence-electron chi connectivity index (χ3n) is 5.76. The number of benzene rings is 2. The first-order valence-electron chi connectivity index (χ1n) is 11.6. The Morgan fingerprint density at radius 1 is 0.861 bits per heavy atom. The summed E-state index contributed by atoms with van der Waals surface area (Å²) in [7, 11) is -3.77. The quantitative estimate of drug-likeness (QED) is 0.338. The predicted molar refractivity (Wildman–Crippen MR) is 134 cm³/mol. The number of hydrogen-bond acceptors (Lipinski definition) is 6. The summed E-state index contributed by atoms with van der Waals surface area (Å²) in [6.07, 6.45) is 2.68. The van der Waals surface area contributed by atoms with Gasteiger partial charge in [0.2, 0.25) is 15.9 Å². The van der Waals surface area contributed by atoms with Gasteiger partial charge in [0, 0.05) is 19.6 Å². The molecule has 0 saturated carbocycles. The molecule has 0 aliphatic rings. The van der Waals surface area contributed by atoms with Crippen LogP contribution in [0.4, 0.5) is 0 Å². The van der Waals surface area contributed by atoms with Gasteiger partial charge in [-0.2, -0.15) is 0 Å². The lowest BCUT2D eigenvalue weighted by Gasteiger charge is -2.27. The number of furan rings is 1. The molecule has 0 bridgehead atoms. The number of sulfonamides is 1. The van der Waals surface area contributed by atoms with Crippen molar-refractivity contribution in [2.24, 2.45) is 5.14 Å². The molecule has 0 aliphatic carbocycles. The van der Waals surface area contributed by atoms with Gasteiger partial charge in [0.25, 0.3) is 0 Å². The van der Waals surface area contributed by atoms with E-state index in [1.54, 1.807) is 35.4 Å². The lowest BCUT2D eigenvalue weighted by atomic mass is 10.1. The molecule has 0 fully saturated rings. The Labute approximate surface area is 211 Å². The standard InChI is InChI=1S/C26H31N3O6S/c27-36(33,34)24-10-8-22(9-11-24)13-17-29(19-23-7-4-18-35-23)25(30)20-28(16-14-26(31)32)15-12-21-5-2-1-3-6-21/h1-11,18H,12-17,19-20H2,(H,31,32)(H2,27,33,34). The topological polar surface area (TPSA) is 134 Å². The number of hydrogen-bond donors (Lipinski definition) is 2. The van der Waals surface area contributed by atoms with Gasteiger partial charge in [-0.05, 0) is 48.2 Å². The summed E-state index contributed by atoms with van der Waals surface area (Å²) in [5, 5.41) is 14.3. The Bertz CT molecular complexity index is 1210. The Morgan fingerprint density at radius 2 is 1.53 bits per heavy atom. The summed E-state index contributed by atoms with van der Waals surface area (Å²) in [5.74, 6) is -0.428. The number of carbonyl (C=O) groups excluding carboxylic acids is 1. The van der Waals surface area contributed by atoms with Crippen LogP contribution in [0.1, 0.15) is 23.3 Å². The zero-order valence-corrected chi connectivity index (χ0v) is 20.8. The van der Waals surface area contributed by atoms with Crippen LogP contribution in [0.3, 0.4) is 0 Å². The zero-order chi connectivity index (χ0) is 26.0. The zero-order valence-electron chi connectivity index (χ0n) is 20.0. The van der Waals surface area contributed by atoms with Gasteiger partial charge in [-0.1, -0.05) is 42.5 Å². The summed E-state index contributed by atoms with van der Waals surface area (Å²) in [6, 6.07) is 19.6. The molecular formula is C26H31N3O6S. The number of aliphatic carboxylic acids is 1. The van der Waals surface area contributed by atoms with E-state index < -0.39 is 16.0 Å². The van der Waals surface area contributed by atoms with Crippen LogP contribution in [0.2, 0.25) is 0 Å². The molecule has 36 heavy (non-hydrogen) atoms. The molecule has 10 heteroatoms. The van der Waals surface area contributed by atoms with Gasteiger partial charge in [0.1, 0.15) is 5.76 Å². The van der Waals surface area contributed by atoms with E-state index >= 15 is 0 Å². The minimum Gasteiger partial charge on any atom is -0.481 e. The van der Waals surface area contributed by atoms with Crippen molar-refractivity contribution in [1.82, 2.24) is 9.80 Å². The molecule has 3 N–H and O–H groups in total. The van der Waals surface area contributed by atoms with E-state index in [-0.39, 0.29) is 36.9 Å². The third-order valence-corrected chi connectivity index (χ3v) is 6.69. The van der Waals surface area contributed by atoms with Crippen LogP contribution in [-0.2, 0) is 39.0 Å². The van der Waals surface area contributed by atoms with Gasteiger partial charge in [0.05, 0.1) is 30.7 Å². The summed E-state index contributed by atoms with van der Waals surface area (Å²) in [4.78, 5) is 28.1. The van der Waals surface area contributed by atoms with E-state index in [2.05, 4.69) is 0 Å². The first kappa shape index (κ1) is 27.1. The lowest BCUT2D eigenvalue weighted by molar-refractivity contribution is -0.138. The van der Waals surface area contributed by atoms with Crippen molar-refractivity contribution in [3.05, 3.63) is 89.9 Å². The summed E-state index contributed by atoms with van der Waals surface area (Å²) < 4.78 is 28.4. The normalized spacial score (nSPS) is 11.5. The number of nitrogens with zero attached hydrogens (tertiary/aromatic N) is 2. The van der Waals surface area contributed by atoms with Gasteiger partial charge in [-0.25, -0.2) is 13.6 Å². The second kappa shape index (κ2) is 13.0. The molecule has 2 aromatic carbocycles. The van der Waals surface area contributed by atoms with Crippen molar-refractivity contribution < 1.29 is 27.5 Å². The highest BCUT2D eigenvalue weighted by Crippen LogP contribution is 2.12. The average molecular weight is 514 g/mol. The SMILES string of the molecule is NS(=O)(=O)c1ccc(CCN(Cc2ccco2)C(=O)CN(CCC(=O)O)CCc2ccccc2)cc1. The summed E-state index contributed by atoms with van der Waals surface area (Å²) >= 11 is 0. The van der Waals surface area contributed by atoms with Crippen LogP contribution >= 0.6 is 0 Å². The monoisotopic (exact) mass is 513 g/mol. The minimum atomic E-state index is -3.77. The maximum atomic E-state index is 13.3. The molecule has 1 aromatic heterocycles. The third kappa shape index (κ3) is 8.95. The van der Waals surface area contributed by atoms with E-state index in [1.165, 1.54) is 12.1 Å². The molecule has 192 valence electrons. The highest BCUT2D eigenvalue weighted by molar-refractivity contribution is 7.89. The molecule has 9 nitrogen and oxygen atoms in total. The molecule has 0 atom stereocenters. The van der Waals surface area contributed by atoms with Crippen molar-refractivity contribution in [3.8, 4) is 0 Å². The number of carbonyl (C=O) groups is 2. The fourth-order valence-corrected chi connectivity index (χ4v) is 4.25. The molecule has 1 heterocycles. The van der Waals surface area contributed by atoms with E-state index in [1.807, 2.05) is 35.2 Å². The minimum absolute atomic E-state index is 0.0299. The molecular weight excluding hydrogens is 482 g/mol. The number of carboxylic acid groups (broad SMARTS) is 1. The van der Waals surface area contributed by atoms with E-state index in [4.69, 9.17) is 14.7 Å². The highest BCUT2D eigenvalue weighted by Gasteiger charge is 2.20. The van der Waals surface area contributed by atoms with Gasteiger partial charge in [0.15, 0.2) is 0 Å². The Morgan fingerprint density at radius 3 is 2.14 bits per heavy atom. The number of primary sulfonamides is 1. The smallest absolute Gasteiger partial charge is 0.304 e. The Balaban J connectivity index is 1.68. The lowest BCUT2D eigenvalue weighted by Crippen LogP contribution is -2.42. The molecule has 0 saturated heterocycles. The van der Waals surface area contributed by atoms with Crippen molar-refractivity contribution >= 4 is 21.9 Å². The predicted octanol–water partition coefficient (Wildman–Crippen LogP) is 2.52. The van der Waals surface area contributed by atoms with E-state index in [9.17, 15) is 18.0 Å². The van der Waals surface area contributed by atoms with Gasteiger partial charge < -0.3 is 14.4 Å². The van der Waals surface area contributed by atoms with Gasteiger partial charge >= 0.3 is 5.97 Å². The van der Waals surface area contributed by atoms with Crippen LogP contribution in [0, 0.1) is 0 Å². The van der Waals surface area contributed by atoms with Crippen LogP contribution in [0.5, 0.6) is 0 Å². The number of nitrogens with two attached hydrogens (primary N) is 1. The Kier molecular flexibility index (Phi) is 9.80. The van der Waals surface area contributed by atoms with Crippen molar-refractivity contribution in [2.45, 2.75) is 30.7 Å². The van der Waals surface area contributed by atoms with E-state index in [0.717, 1.165) is 11.1 Å². The Hall–Kier alpha value is -3.47. The molecule has 3 aromatic rings. The van der Waals surface area contributed by atoms with Gasteiger partial charge in [-0.15, -0.1) is 0 Å². The molecule has 0 unspecified atom stereocenters. The maximum Gasteiger partial charge on any atom is 0.304 e. The second-order valence-electron chi connectivity index (χ2n) is 8.49. The van der Waals surface area contributed by atoms with Crippen LogP contribution in [0.25, 0.3) is 0 Å². The molecule has 0 radical (unpaired) electrons. The van der Waals surface area contributed by atoms with Crippen LogP contribution in [-0.4, -0.2) is 61.4 Å². The number of rotatable bonds is 14. The average Bonchev–Trinajstić information content (AvgIpc) is 3.37.